The number of hydrogen-bond donors (Lipinski definition) is 1. The lowest BCUT2D eigenvalue weighted by Crippen LogP contribution is -2.07. The minimum absolute atomic E-state index is 0.268. The number of nitrogens with one attached hydrogen (secondary N) is 1. The van der Waals surface area contributed by atoms with Gasteiger partial charge >= 0.3 is 0 Å². The van der Waals surface area contributed by atoms with Crippen LogP contribution in [0.25, 0.3) is 28.5 Å². The van der Waals surface area contributed by atoms with Gasteiger partial charge in [-0.1, -0.05) is 48.0 Å². The maximum absolute atomic E-state index is 12.1. The number of para-hydroxylation sites is 1. The number of furan rings is 1. The van der Waals surface area contributed by atoms with Crippen molar-refractivity contribution in [2.45, 2.75) is 0 Å². The molecule has 0 aliphatic rings. The van der Waals surface area contributed by atoms with Gasteiger partial charge in [-0.05, 0) is 29.8 Å². The zero-order valence-corrected chi connectivity index (χ0v) is 15.1. The first kappa shape index (κ1) is 16.6. The number of hydrogen-bond acceptors (Lipinski definition) is 4. The molecule has 0 aliphatic heterocycles. The lowest BCUT2D eigenvalue weighted by Gasteiger charge is -1.98. The van der Waals surface area contributed by atoms with Crippen molar-refractivity contribution >= 4 is 51.0 Å². The lowest BCUT2D eigenvalue weighted by atomic mass is 10.2. The van der Waals surface area contributed by atoms with Gasteiger partial charge in [0.1, 0.15) is 11.3 Å². The Morgan fingerprint density at radius 2 is 1.96 bits per heavy atom. The number of carbonyl (C=O) groups is 1. The van der Waals surface area contributed by atoms with Gasteiger partial charge in [0, 0.05) is 21.9 Å². The Morgan fingerprint density at radius 3 is 2.81 bits per heavy atom. The Kier molecular flexibility index (Phi) is 4.56. The van der Waals surface area contributed by atoms with Crippen molar-refractivity contribution in [3.05, 3.63) is 76.6 Å². The van der Waals surface area contributed by atoms with Crippen LogP contribution in [-0.2, 0) is 4.79 Å². The van der Waals surface area contributed by atoms with Gasteiger partial charge in [0.2, 0.25) is 5.91 Å². The minimum Gasteiger partial charge on any atom is -0.454 e. The summed E-state index contributed by atoms with van der Waals surface area (Å²) in [4.78, 5) is 16.5. The van der Waals surface area contributed by atoms with Gasteiger partial charge in [-0.15, -0.1) is 11.3 Å². The van der Waals surface area contributed by atoms with Gasteiger partial charge in [-0.2, -0.15) is 0 Å². The Balaban J connectivity index is 1.48. The third-order valence-corrected chi connectivity index (χ3v) is 4.83. The van der Waals surface area contributed by atoms with Crippen molar-refractivity contribution in [3.63, 3.8) is 0 Å². The lowest BCUT2D eigenvalue weighted by molar-refractivity contribution is -0.111. The van der Waals surface area contributed by atoms with Crippen molar-refractivity contribution < 1.29 is 9.21 Å². The monoisotopic (exact) mass is 380 g/mol. The Bertz CT molecular complexity index is 1080. The molecule has 1 amide bonds. The van der Waals surface area contributed by atoms with Crippen LogP contribution in [-0.4, -0.2) is 10.9 Å². The summed E-state index contributed by atoms with van der Waals surface area (Å²) in [5, 5.41) is 6.73. The van der Waals surface area contributed by atoms with E-state index in [4.69, 9.17) is 16.0 Å². The molecule has 6 heteroatoms. The highest BCUT2D eigenvalue weighted by molar-refractivity contribution is 7.14. The van der Waals surface area contributed by atoms with Crippen LogP contribution in [0.15, 0.2) is 70.5 Å². The zero-order chi connectivity index (χ0) is 17.9. The fraction of sp³-hybridized carbons (Fsp3) is 0. The number of aromatic nitrogens is 1. The summed E-state index contributed by atoms with van der Waals surface area (Å²) in [6.07, 6.45) is 3.11. The van der Waals surface area contributed by atoms with E-state index >= 15 is 0 Å². The first-order valence-electron chi connectivity index (χ1n) is 7.87. The van der Waals surface area contributed by atoms with Crippen molar-refractivity contribution in [1.82, 2.24) is 4.98 Å². The van der Waals surface area contributed by atoms with Gasteiger partial charge < -0.3 is 4.42 Å². The Labute approximate surface area is 158 Å². The molecule has 0 aliphatic carbocycles. The molecule has 4 aromatic rings. The number of rotatable bonds is 4. The molecular formula is C20H13ClN2O2S. The normalized spacial score (nSPS) is 11.3. The number of thiazole rings is 1. The predicted octanol–water partition coefficient (Wildman–Crippen LogP) is 5.86. The van der Waals surface area contributed by atoms with Crippen LogP contribution in [0.5, 0.6) is 0 Å². The van der Waals surface area contributed by atoms with Crippen molar-refractivity contribution in [3.8, 4) is 11.5 Å². The molecule has 0 bridgehead atoms. The minimum atomic E-state index is -0.268. The first-order chi connectivity index (χ1) is 12.7. The predicted molar refractivity (Wildman–Crippen MR) is 106 cm³/mol. The second kappa shape index (κ2) is 7.15. The van der Waals surface area contributed by atoms with Crippen LogP contribution in [0.1, 0.15) is 5.56 Å². The molecule has 26 heavy (non-hydrogen) atoms. The zero-order valence-electron chi connectivity index (χ0n) is 13.5. The van der Waals surface area contributed by atoms with Crippen LogP contribution >= 0.6 is 22.9 Å². The molecule has 0 atom stereocenters. The standard InChI is InChI=1S/C20H13ClN2O2S/c21-15-7-3-1-5-13(15)9-10-19(24)23-20-22-16(12-26-20)18-11-14-6-2-4-8-17(14)25-18/h1-12H,(H,22,23,24)/b10-9+. The maximum Gasteiger partial charge on any atom is 0.250 e. The Morgan fingerprint density at radius 1 is 1.15 bits per heavy atom. The summed E-state index contributed by atoms with van der Waals surface area (Å²) < 4.78 is 5.79. The van der Waals surface area contributed by atoms with Crippen LogP contribution in [0.3, 0.4) is 0 Å². The number of amides is 1. The van der Waals surface area contributed by atoms with E-state index in [9.17, 15) is 4.79 Å². The smallest absolute Gasteiger partial charge is 0.250 e. The maximum atomic E-state index is 12.1. The third kappa shape index (κ3) is 3.54. The molecule has 0 radical (unpaired) electrons. The van der Waals surface area contributed by atoms with Crippen LogP contribution in [0.4, 0.5) is 5.13 Å². The molecule has 0 fully saturated rings. The van der Waals surface area contributed by atoms with Gasteiger partial charge in [-0.3, -0.25) is 10.1 Å². The van der Waals surface area contributed by atoms with Gasteiger partial charge in [0.25, 0.3) is 0 Å². The highest BCUT2D eigenvalue weighted by Crippen LogP contribution is 2.30. The molecule has 2 aromatic carbocycles. The molecule has 1 N–H and O–H groups in total. The van der Waals surface area contributed by atoms with Crippen LogP contribution in [0, 0.1) is 0 Å². The summed E-state index contributed by atoms with van der Waals surface area (Å²) in [6, 6.07) is 17.0. The summed E-state index contributed by atoms with van der Waals surface area (Å²) >= 11 is 7.41. The molecule has 0 unspecified atom stereocenters. The Hall–Kier alpha value is -2.89. The molecule has 0 saturated carbocycles. The molecule has 4 nitrogen and oxygen atoms in total. The first-order valence-corrected chi connectivity index (χ1v) is 9.13. The molecule has 4 rings (SSSR count). The van der Waals surface area contributed by atoms with E-state index in [-0.39, 0.29) is 5.91 Å². The molecule has 2 aromatic heterocycles. The van der Waals surface area contributed by atoms with Crippen molar-refractivity contribution in [2.75, 3.05) is 5.32 Å². The van der Waals surface area contributed by atoms with E-state index in [1.165, 1.54) is 17.4 Å². The van der Waals surface area contributed by atoms with Crippen molar-refractivity contribution in [2.24, 2.45) is 0 Å². The number of anilines is 1. The van der Waals surface area contributed by atoms with E-state index in [2.05, 4.69) is 10.3 Å². The van der Waals surface area contributed by atoms with E-state index < -0.39 is 0 Å². The summed E-state index contributed by atoms with van der Waals surface area (Å²) in [5.74, 6) is 0.407. The van der Waals surface area contributed by atoms with Crippen molar-refractivity contribution in [1.29, 1.82) is 0 Å². The largest absolute Gasteiger partial charge is 0.454 e. The van der Waals surface area contributed by atoms with Gasteiger partial charge in [0.15, 0.2) is 10.9 Å². The van der Waals surface area contributed by atoms with E-state index in [1.807, 2.05) is 53.9 Å². The summed E-state index contributed by atoms with van der Waals surface area (Å²) in [6.45, 7) is 0. The fourth-order valence-corrected chi connectivity index (χ4v) is 3.38. The molecule has 0 spiro atoms. The number of carbonyl (C=O) groups excluding carboxylic acids is 1. The van der Waals surface area contributed by atoms with Gasteiger partial charge in [0.05, 0.1) is 0 Å². The number of fused-ring (bicyclic) bond motifs is 1. The van der Waals surface area contributed by atoms with Crippen LogP contribution in [0.2, 0.25) is 5.02 Å². The summed E-state index contributed by atoms with van der Waals surface area (Å²) in [5.41, 5.74) is 2.28. The molecular weight excluding hydrogens is 368 g/mol. The average molecular weight is 381 g/mol. The number of halogens is 1. The average Bonchev–Trinajstić information content (AvgIpc) is 3.27. The SMILES string of the molecule is O=C(/C=C/c1ccccc1Cl)Nc1nc(-c2cc3ccccc3o2)cs1. The van der Waals surface area contributed by atoms with Crippen LogP contribution < -0.4 is 5.32 Å². The van der Waals surface area contributed by atoms with E-state index in [1.54, 1.807) is 12.1 Å². The van der Waals surface area contributed by atoms with Gasteiger partial charge in [-0.25, -0.2) is 4.98 Å². The van der Waals surface area contributed by atoms with E-state index in [0.717, 1.165) is 16.5 Å². The highest BCUT2D eigenvalue weighted by atomic mass is 35.5. The third-order valence-electron chi connectivity index (χ3n) is 3.73. The second-order valence-corrected chi connectivity index (χ2v) is 6.80. The second-order valence-electron chi connectivity index (χ2n) is 5.53. The quantitative estimate of drug-likeness (QED) is 0.451. The molecule has 128 valence electrons. The highest BCUT2D eigenvalue weighted by Gasteiger charge is 2.11. The number of nitrogens with zero attached hydrogens (tertiary/aromatic N) is 1. The summed E-state index contributed by atoms with van der Waals surface area (Å²) in [7, 11) is 0. The molecule has 0 saturated heterocycles. The van der Waals surface area contributed by atoms with E-state index in [0.29, 0.717) is 21.6 Å². The molecule has 2 heterocycles. The number of benzene rings is 2. The topological polar surface area (TPSA) is 55.1 Å². The fourth-order valence-electron chi connectivity index (χ4n) is 2.48.